The van der Waals surface area contributed by atoms with Crippen LogP contribution in [-0.2, 0) is 24.3 Å². The van der Waals surface area contributed by atoms with Gasteiger partial charge in [0.25, 0.3) is 0 Å². The van der Waals surface area contributed by atoms with Crippen LogP contribution in [0.2, 0.25) is 0 Å². The Balaban J connectivity index is 1.38. The van der Waals surface area contributed by atoms with E-state index >= 15 is 0 Å². The molecule has 1 N–H and O–H groups in total. The number of amides is 2. The Morgan fingerprint density at radius 2 is 1.60 bits per heavy atom. The molecule has 2 amide bonds. The standard InChI is InChI=1S/C25H32N4O5S/c1-3-28(4-2)35(32,33)23-11-9-22(10-12-23)29-18-19(17-24(29)30)25(31)26-20-5-7-21(8-6-20)27-13-15-34-16-14-27/h5-12,19H,3-4,13-18H2,1-2H3,(H,26,31). The maximum Gasteiger partial charge on any atom is 0.243 e. The summed E-state index contributed by atoms with van der Waals surface area (Å²) < 4.78 is 32.2. The molecule has 2 aromatic carbocycles. The van der Waals surface area contributed by atoms with Gasteiger partial charge in [0, 0.05) is 56.2 Å². The number of morpholine rings is 1. The van der Waals surface area contributed by atoms with Gasteiger partial charge in [-0.05, 0) is 48.5 Å². The number of nitrogens with one attached hydrogen (secondary N) is 1. The Hall–Kier alpha value is -2.95. The molecule has 0 spiro atoms. The first-order chi connectivity index (χ1) is 16.8. The molecule has 0 aromatic heterocycles. The smallest absolute Gasteiger partial charge is 0.243 e. The Morgan fingerprint density at radius 1 is 1.00 bits per heavy atom. The van der Waals surface area contributed by atoms with Gasteiger partial charge in [0.1, 0.15) is 0 Å². The van der Waals surface area contributed by atoms with Gasteiger partial charge in [0.2, 0.25) is 21.8 Å². The molecule has 10 heteroatoms. The van der Waals surface area contributed by atoms with Crippen LogP contribution in [0.1, 0.15) is 20.3 Å². The number of nitrogens with zero attached hydrogens (tertiary/aromatic N) is 3. The summed E-state index contributed by atoms with van der Waals surface area (Å²) in [5.41, 5.74) is 2.35. The zero-order valence-electron chi connectivity index (χ0n) is 20.1. The van der Waals surface area contributed by atoms with Crippen LogP contribution in [0, 0.1) is 5.92 Å². The highest BCUT2D eigenvalue weighted by molar-refractivity contribution is 7.89. The molecule has 2 heterocycles. The Kier molecular flexibility index (Phi) is 7.73. The highest BCUT2D eigenvalue weighted by atomic mass is 32.2. The van der Waals surface area contributed by atoms with E-state index in [0.717, 1.165) is 18.8 Å². The van der Waals surface area contributed by atoms with Gasteiger partial charge in [0.05, 0.1) is 24.0 Å². The van der Waals surface area contributed by atoms with Crippen LogP contribution in [0.3, 0.4) is 0 Å². The van der Waals surface area contributed by atoms with Crippen LogP contribution in [0.4, 0.5) is 17.1 Å². The molecule has 9 nitrogen and oxygen atoms in total. The fourth-order valence-corrected chi connectivity index (χ4v) is 5.92. The van der Waals surface area contributed by atoms with Crippen LogP contribution in [0.5, 0.6) is 0 Å². The van der Waals surface area contributed by atoms with Gasteiger partial charge in [-0.2, -0.15) is 4.31 Å². The van der Waals surface area contributed by atoms with Crippen LogP contribution < -0.4 is 15.1 Å². The summed E-state index contributed by atoms with van der Waals surface area (Å²) in [7, 11) is -3.57. The minimum atomic E-state index is -3.57. The zero-order valence-corrected chi connectivity index (χ0v) is 21.0. The van der Waals surface area contributed by atoms with E-state index in [1.165, 1.54) is 16.4 Å². The van der Waals surface area contributed by atoms with Crippen molar-refractivity contribution in [1.29, 1.82) is 0 Å². The van der Waals surface area contributed by atoms with Crippen molar-refractivity contribution < 1.29 is 22.7 Å². The third-order valence-corrected chi connectivity index (χ3v) is 8.56. The van der Waals surface area contributed by atoms with Gasteiger partial charge >= 0.3 is 0 Å². The van der Waals surface area contributed by atoms with E-state index in [2.05, 4.69) is 10.2 Å². The molecule has 4 rings (SSSR count). The Bertz CT molecular complexity index is 1140. The predicted octanol–water partition coefficient (Wildman–Crippen LogP) is 2.55. The average Bonchev–Trinajstić information content (AvgIpc) is 3.27. The molecule has 2 aromatic rings. The summed E-state index contributed by atoms with van der Waals surface area (Å²) in [6.07, 6.45) is 0.108. The first-order valence-corrected chi connectivity index (χ1v) is 13.4. The van der Waals surface area contributed by atoms with Crippen molar-refractivity contribution in [2.75, 3.05) is 61.1 Å². The number of hydrogen-bond donors (Lipinski definition) is 1. The largest absolute Gasteiger partial charge is 0.378 e. The number of hydrogen-bond acceptors (Lipinski definition) is 6. The molecule has 2 fully saturated rings. The lowest BCUT2D eigenvalue weighted by atomic mass is 10.1. The number of rotatable bonds is 8. The van der Waals surface area contributed by atoms with Crippen LogP contribution in [-0.4, -0.2) is 70.5 Å². The van der Waals surface area contributed by atoms with Gasteiger partial charge in [-0.3, -0.25) is 9.59 Å². The van der Waals surface area contributed by atoms with Gasteiger partial charge in [-0.15, -0.1) is 0 Å². The number of benzene rings is 2. The van der Waals surface area contributed by atoms with Crippen molar-refractivity contribution >= 4 is 38.9 Å². The van der Waals surface area contributed by atoms with Gasteiger partial charge < -0.3 is 19.9 Å². The second-order valence-corrected chi connectivity index (χ2v) is 10.6. The number of carbonyl (C=O) groups excluding carboxylic acids is 2. The molecular weight excluding hydrogens is 468 g/mol. The summed E-state index contributed by atoms with van der Waals surface area (Å²) in [5, 5.41) is 2.92. The maximum atomic E-state index is 12.8. The highest BCUT2D eigenvalue weighted by Crippen LogP contribution is 2.28. The first-order valence-electron chi connectivity index (χ1n) is 12.0. The topological polar surface area (TPSA) is 99.3 Å². The molecular formula is C25H32N4O5S. The fourth-order valence-electron chi connectivity index (χ4n) is 4.46. The molecule has 2 aliphatic heterocycles. The fraction of sp³-hybridized carbons (Fsp3) is 0.440. The summed E-state index contributed by atoms with van der Waals surface area (Å²) in [6.45, 7) is 7.71. The lowest BCUT2D eigenvalue weighted by molar-refractivity contribution is -0.122. The average molecular weight is 501 g/mol. The Morgan fingerprint density at radius 3 is 2.20 bits per heavy atom. The van der Waals surface area contributed by atoms with Crippen molar-refractivity contribution in [3.63, 3.8) is 0 Å². The van der Waals surface area contributed by atoms with E-state index in [9.17, 15) is 18.0 Å². The molecule has 0 saturated carbocycles. The van der Waals surface area contributed by atoms with Crippen LogP contribution in [0.15, 0.2) is 53.4 Å². The SMILES string of the molecule is CCN(CC)S(=O)(=O)c1ccc(N2CC(C(=O)Nc3ccc(N4CCOCC4)cc3)CC2=O)cc1. The molecule has 2 saturated heterocycles. The van der Waals surface area contributed by atoms with Crippen molar-refractivity contribution in [3.8, 4) is 0 Å². The third kappa shape index (κ3) is 5.50. The maximum absolute atomic E-state index is 12.8. The van der Waals surface area contributed by atoms with E-state index in [4.69, 9.17) is 4.74 Å². The normalized spacial score (nSPS) is 18.8. The van der Waals surface area contributed by atoms with Gasteiger partial charge in [-0.25, -0.2) is 8.42 Å². The van der Waals surface area contributed by atoms with E-state index < -0.39 is 15.9 Å². The van der Waals surface area contributed by atoms with Gasteiger partial charge in [-0.1, -0.05) is 13.8 Å². The lowest BCUT2D eigenvalue weighted by Crippen LogP contribution is -2.36. The van der Waals surface area contributed by atoms with Crippen LogP contribution >= 0.6 is 0 Å². The van der Waals surface area contributed by atoms with Crippen molar-refractivity contribution in [3.05, 3.63) is 48.5 Å². The van der Waals surface area contributed by atoms with Crippen molar-refractivity contribution in [2.45, 2.75) is 25.2 Å². The summed E-state index contributed by atoms with van der Waals surface area (Å²) in [4.78, 5) is 29.5. The van der Waals surface area contributed by atoms with Crippen molar-refractivity contribution in [2.24, 2.45) is 5.92 Å². The highest BCUT2D eigenvalue weighted by Gasteiger charge is 2.35. The third-order valence-electron chi connectivity index (χ3n) is 6.50. The minimum absolute atomic E-state index is 0.108. The van der Waals surface area contributed by atoms with E-state index in [1.807, 2.05) is 24.3 Å². The van der Waals surface area contributed by atoms with E-state index in [-0.39, 0.29) is 29.7 Å². The minimum Gasteiger partial charge on any atom is -0.378 e. The van der Waals surface area contributed by atoms with Crippen molar-refractivity contribution in [1.82, 2.24) is 4.31 Å². The number of carbonyl (C=O) groups is 2. The molecule has 0 radical (unpaired) electrons. The second kappa shape index (κ2) is 10.8. The molecule has 0 bridgehead atoms. The van der Waals surface area contributed by atoms with E-state index in [0.29, 0.717) is 37.7 Å². The summed E-state index contributed by atoms with van der Waals surface area (Å²) >= 11 is 0. The first kappa shape index (κ1) is 25.2. The molecule has 2 aliphatic rings. The monoisotopic (exact) mass is 500 g/mol. The summed E-state index contributed by atoms with van der Waals surface area (Å²) in [6, 6.07) is 14.0. The Labute approximate surface area is 206 Å². The van der Waals surface area contributed by atoms with E-state index in [1.54, 1.807) is 30.9 Å². The van der Waals surface area contributed by atoms with Crippen LogP contribution in [0.25, 0.3) is 0 Å². The number of sulfonamides is 1. The molecule has 188 valence electrons. The number of anilines is 3. The quantitative estimate of drug-likeness (QED) is 0.598. The molecule has 1 atom stereocenters. The molecule has 1 unspecified atom stereocenters. The summed E-state index contributed by atoms with van der Waals surface area (Å²) in [5.74, 6) is -0.853. The lowest BCUT2D eigenvalue weighted by Gasteiger charge is -2.28. The van der Waals surface area contributed by atoms with Gasteiger partial charge in [0.15, 0.2) is 0 Å². The molecule has 0 aliphatic carbocycles. The molecule has 35 heavy (non-hydrogen) atoms. The second-order valence-electron chi connectivity index (χ2n) is 8.62. The zero-order chi connectivity index (χ0) is 25.0. The number of ether oxygens (including phenoxy) is 1. The predicted molar refractivity (Wildman–Crippen MR) is 135 cm³/mol.